The third-order valence-electron chi connectivity index (χ3n) is 3.72. The second kappa shape index (κ2) is 10.6. The Kier molecular flexibility index (Phi) is 8.13. The zero-order chi connectivity index (χ0) is 20.4. The van der Waals surface area contributed by atoms with Gasteiger partial charge in [0, 0.05) is 13.1 Å². The lowest BCUT2D eigenvalue weighted by atomic mass is 10.1. The van der Waals surface area contributed by atoms with Crippen LogP contribution in [0, 0.1) is 0 Å². The van der Waals surface area contributed by atoms with Crippen LogP contribution in [0.15, 0.2) is 53.5 Å². The van der Waals surface area contributed by atoms with E-state index in [1.807, 2.05) is 31.2 Å². The summed E-state index contributed by atoms with van der Waals surface area (Å²) in [7, 11) is 0. The standard InChI is InChI=1S/C20H24F3N3O2/c1-2-24-19(26-12-16-7-9-18(27)10-8-16)25-11-15-3-5-17(6-4-15)13-28-14-20(21,22)23/h3-10,27H,2,11-14H2,1H3,(H2,24,25,26). The van der Waals surface area contributed by atoms with Gasteiger partial charge in [0.05, 0.1) is 13.2 Å². The second-order valence-electron chi connectivity index (χ2n) is 6.14. The van der Waals surface area contributed by atoms with Gasteiger partial charge in [-0.2, -0.15) is 13.2 Å². The molecule has 2 aromatic carbocycles. The highest BCUT2D eigenvalue weighted by Crippen LogP contribution is 2.16. The molecule has 5 nitrogen and oxygen atoms in total. The van der Waals surface area contributed by atoms with Crippen LogP contribution in [0.3, 0.4) is 0 Å². The summed E-state index contributed by atoms with van der Waals surface area (Å²) in [4.78, 5) is 4.50. The molecule has 0 spiro atoms. The molecule has 0 fully saturated rings. The maximum absolute atomic E-state index is 12.1. The van der Waals surface area contributed by atoms with Crippen molar-refractivity contribution in [1.29, 1.82) is 0 Å². The van der Waals surface area contributed by atoms with Crippen LogP contribution in [0.1, 0.15) is 23.6 Å². The Morgan fingerprint density at radius 3 is 2.18 bits per heavy atom. The van der Waals surface area contributed by atoms with Gasteiger partial charge in [0.15, 0.2) is 5.96 Å². The van der Waals surface area contributed by atoms with Crippen molar-refractivity contribution in [3.63, 3.8) is 0 Å². The van der Waals surface area contributed by atoms with Gasteiger partial charge in [-0.15, -0.1) is 0 Å². The fourth-order valence-corrected chi connectivity index (χ4v) is 2.34. The third kappa shape index (κ3) is 8.30. The van der Waals surface area contributed by atoms with Crippen molar-refractivity contribution < 1.29 is 23.0 Å². The molecule has 3 N–H and O–H groups in total. The summed E-state index contributed by atoms with van der Waals surface area (Å²) in [6.07, 6.45) is -4.31. The van der Waals surface area contributed by atoms with E-state index in [1.165, 1.54) is 0 Å². The number of aliphatic imine (C=N–C) groups is 1. The molecule has 0 aliphatic rings. The Labute approximate surface area is 162 Å². The molecule has 0 aromatic heterocycles. The SMILES string of the molecule is CCNC(=NCc1ccc(O)cc1)NCc1ccc(COCC(F)(F)F)cc1. The van der Waals surface area contributed by atoms with E-state index in [9.17, 15) is 18.3 Å². The zero-order valence-electron chi connectivity index (χ0n) is 15.6. The van der Waals surface area contributed by atoms with Crippen LogP contribution in [-0.2, 0) is 24.4 Å². The summed E-state index contributed by atoms with van der Waals surface area (Å²) in [5, 5.41) is 15.7. The Morgan fingerprint density at radius 2 is 1.57 bits per heavy atom. The average Bonchev–Trinajstić information content (AvgIpc) is 2.65. The number of phenolic OH excluding ortho intramolecular Hbond substituents is 1. The number of nitrogens with one attached hydrogen (secondary N) is 2. The van der Waals surface area contributed by atoms with E-state index in [1.54, 1.807) is 24.3 Å². The maximum Gasteiger partial charge on any atom is 0.411 e. The number of halogens is 3. The number of nitrogens with zero attached hydrogens (tertiary/aromatic N) is 1. The summed E-state index contributed by atoms with van der Waals surface area (Å²) in [5.41, 5.74) is 2.62. The predicted molar refractivity (Wildman–Crippen MR) is 102 cm³/mol. The normalized spacial score (nSPS) is 12.1. The number of ether oxygens (including phenoxy) is 1. The third-order valence-corrected chi connectivity index (χ3v) is 3.72. The van der Waals surface area contributed by atoms with Crippen molar-refractivity contribution >= 4 is 5.96 Å². The number of alkyl halides is 3. The molecule has 8 heteroatoms. The van der Waals surface area contributed by atoms with Crippen LogP contribution >= 0.6 is 0 Å². The first-order valence-corrected chi connectivity index (χ1v) is 8.88. The van der Waals surface area contributed by atoms with Crippen LogP contribution in [0.4, 0.5) is 13.2 Å². The van der Waals surface area contributed by atoms with E-state index >= 15 is 0 Å². The van der Waals surface area contributed by atoms with Crippen molar-refractivity contribution in [2.24, 2.45) is 4.99 Å². The molecule has 2 rings (SSSR count). The molecule has 0 radical (unpaired) electrons. The Morgan fingerprint density at radius 1 is 0.964 bits per heavy atom. The van der Waals surface area contributed by atoms with Gasteiger partial charge in [0.1, 0.15) is 12.4 Å². The molecule has 0 amide bonds. The molecule has 28 heavy (non-hydrogen) atoms. The first-order valence-electron chi connectivity index (χ1n) is 8.88. The van der Waals surface area contributed by atoms with E-state index in [0.717, 1.165) is 11.1 Å². The molecule has 0 heterocycles. The molecular formula is C20H24F3N3O2. The number of aromatic hydroxyl groups is 1. The number of hydrogen-bond donors (Lipinski definition) is 3. The van der Waals surface area contributed by atoms with Crippen LogP contribution in [0.2, 0.25) is 0 Å². The lowest BCUT2D eigenvalue weighted by Gasteiger charge is -2.12. The topological polar surface area (TPSA) is 65.9 Å². The van der Waals surface area contributed by atoms with Crippen LogP contribution < -0.4 is 10.6 Å². The minimum atomic E-state index is -4.31. The smallest absolute Gasteiger partial charge is 0.411 e. The summed E-state index contributed by atoms with van der Waals surface area (Å²) in [6, 6.07) is 14.0. The van der Waals surface area contributed by atoms with Gasteiger partial charge < -0.3 is 20.5 Å². The van der Waals surface area contributed by atoms with E-state index < -0.39 is 12.8 Å². The van der Waals surface area contributed by atoms with Crippen LogP contribution in [0.5, 0.6) is 5.75 Å². The maximum atomic E-state index is 12.1. The van der Waals surface area contributed by atoms with Crippen LogP contribution in [0.25, 0.3) is 0 Å². The van der Waals surface area contributed by atoms with E-state index in [-0.39, 0.29) is 12.4 Å². The second-order valence-corrected chi connectivity index (χ2v) is 6.14. The molecular weight excluding hydrogens is 371 g/mol. The molecule has 152 valence electrons. The summed E-state index contributed by atoms with van der Waals surface area (Å²) >= 11 is 0. The van der Waals surface area contributed by atoms with Gasteiger partial charge in [-0.1, -0.05) is 36.4 Å². The van der Waals surface area contributed by atoms with Gasteiger partial charge in [0.2, 0.25) is 0 Å². The number of guanidine groups is 1. The highest BCUT2D eigenvalue weighted by molar-refractivity contribution is 5.79. The average molecular weight is 395 g/mol. The quantitative estimate of drug-likeness (QED) is 0.471. The Bertz CT molecular complexity index is 745. The Balaban J connectivity index is 1.85. The number of phenols is 1. The van der Waals surface area contributed by atoms with Gasteiger partial charge in [-0.3, -0.25) is 0 Å². The Hall–Kier alpha value is -2.74. The monoisotopic (exact) mass is 395 g/mol. The van der Waals surface area contributed by atoms with Crippen molar-refractivity contribution in [3.05, 3.63) is 65.2 Å². The minimum Gasteiger partial charge on any atom is -0.508 e. The van der Waals surface area contributed by atoms with E-state index in [4.69, 9.17) is 0 Å². The van der Waals surface area contributed by atoms with Gasteiger partial charge >= 0.3 is 6.18 Å². The first kappa shape index (κ1) is 21.6. The van der Waals surface area contributed by atoms with E-state index in [2.05, 4.69) is 20.4 Å². The summed E-state index contributed by atoms with van der Waals surface area (Å²) < 4.78 is 40.9. The van der Waals surface area contributed by atoms with Crippen molar-refractivity contribution in [3.8, 4) is 5.75 Å². The molecule has 0 bridgehead atoms. The molecule has 0 saturated heterocycles. The zero-order valence-corrected chi connectivity index (χ0v) is 15.6. The fourth-order valence-electron chi connectivity index (χ4n) is 2.34. The van der Waals surface area contributed by atoms with Gasteiger partial charge in [-0.05, 0) is 35.7 Å². The van der Waals surface area contributed by atoms with E-state index in [0.29, 0.717) is 31.2 Å². The molecule has 0 unspecified atom stereocenters. The minimum absolute atomic E-state index is 0.0794. The fraction of sp³-hybridized carbons (Fsp3) is 0.350. The first-order chi connectivity index (χ1) is 13.4. The van der Waals surface area contributed by atoms with Gasteiger partial charge in [-0.25, -0.2) is 4.99 Å². The highest BCUT2D eigenvalue weighted by atomic mass is 19.4. The van der Waals surface area contributed by atoms with Gasteiger partial charge in [0.25, 0.3) is 0 Å². The molecule has 0 aliphatic carbocycles. The predicted octanol–water partition coefficient (Wildman–Crippen LogP) is 3.73. The largest absolute Gasteiger partial charge is 0.508 e. The van der Waals surface area contributed by atoms with Crippen molar-refractivity contribution in [2.45, 2.75) is 32.8 Å². The molecule has 0 saturated carbocycles. The van der Waals surface area contributed by atoms with Crippen molar-refractivity contribution in [2.75, 3.05) is 13.2 Å². The molecule has 2 aromatic rings. The number of hydrogen-bond acceptors (Lipinski definition) is 3. The lowest BCUT2D eigenvalue weighted by Crippen LogP contribution is -2.36. The number of benzene rings is 2. The lowest BCUT2D eigenvalue weighted by molar-refractivity contribution is -0.176. The highest BCUT2D eigenvalue weighted by Gasteiger charge is 2.27. The molecule has 0 atom stereocenters. The van der Waals surface area contributed by atoms with Crippen LogP contribution in [-0.4, -0.2) is 30.4 Å². The summed E-state index contributed by atoms with van der Waals surface area (Å²) in [6.45, 7) is 2.32. The number of rotatable bonds is 8. The molecule has 0 aliphatic heterocycles. The van der Waals surface area contributed by atoms with Crippen molar-refractivity contribution in [1.82, 2.24) is 10.6 Å². The summed E-state index contributed by atoms with van der Waals surface area (Å²) in [5.74, 6) is 0.859.